The highest BCUT2D eigenvalue weighted by Gasteiger charge is 2.18. The van der Waals surface area contributed by atoms with Crippen LogP contribution in [0.5, 0.6) is 0 Å². The van der Waals surface area contributed by atoms with Gasteiger partial charge in [0, 0.05) is 10.5 Å². The molecule has 0 fully saturated rings. The van der Waals surface area contributed by atoms with Gasteiger partial charge in [-0.15, -0.1) is 0 Å². The summed E-state index contributed by atoms with van der Waals surface area (Å²) in [5, 5.41) is 0. The van der Waals surface area contributed by atoms with Crippen LogP contribution in [0.15, 0.2) is 53.0 Å². The average molecular weight is 346 g/mol. The normalized spacial score (nSPS) is 13.2. The zero-order valence-corrected chi connectivity index (χ0v) is 14.7. The summed E-state index contributed by atoms with van der Waals surface area (Å²) in [6.07, 6.45) is 2.00. The Morgan fingerprint density at radius 2 is 1.57 bits per heavy atom. The van der Waals surface area contributed by atoms with Gasteiger partial charge in [0.2, 0.25) is 0 Å². The van der Waals surface area contributed by atoms with Crippen molar-refractivity contribution in [1.29, 1.82) is 0 Å². The predicted octanol–water partition coefficient (Wildman–Crippen LogP) is 5.38. The maximum Gasteiger partial charge on any atom is 0.0335 e. The van der Waals surface area contributed by atoms with E-state index in [0.717, 1.165) is 17.3 Å². The molecule has 0 aliphatic heterocycles. The number of benzene rings is 2. The molecule has 2 N–H and O–H groups in total. The second-order valence-corrected chi connectivity index (χ2v) is 7.21. The molecular weight excluding hydrogens is 322 g/mol. The zero-order chi connectivity index (χ0) is 15.5. The van der Waals surface area contributed by atoms with E-state index in [0.29, 0.717) is 0 Å². The number of rotatable bonds is 5. The van der Waals surface area contributed by atoms with Gasteiger partial charge in [0.05, 0.1) is 0 Å². The van der Waals surface area contributed by atoms with Crippen molar-refractivity contribution in [2.75, 3.05) is 0 Å². The molecular formula is C19H24BrN. The molecule has 2 aromatic rings. The fourth-order valence-electron chi connectivity index (χ4n) is 2.38. The molecule has 0 aromatic heterocycles. The molecule has 0 saturated carbocycles. The van der Waals surface area contributed by atoms with E-state index in [4.69, 9.17) is 5.73 Å². The highest BCUT2D eigenvalue weighted by molar-refractivity contribution is 9.10. The topological polar surface area (TPSA) is 26.0 Å². The van der Waals surface area contributed by atoms with E-state index in [1.54, 1.807) is 0 Å². The molecule has 1 nitrogen and oxygen atoms in total. The highest BCUT2D eigenvalue weighted by Crippen LogP contribution is 2.28. The summed E-state index contributed by atoms with van der Waals surface area (Å²) >= 11 is 3.46. The minimum Gasteiger partial charge on any atom is -0.324 e. The summed E-state index contributed by atoms with van der Waals surface area (Å²) in [4.78, 5) is 0. The molecule has 2 heteroatoms. The number of halogens is 1. The van der Waals surface area contributed by atoms with E-state index in [1.807, 2.05) is 0 Å². The summed E-state index contributed by atoms with van der Waals surface area (Å²) in [5.74, 6) is 0. The van der Waals surface area contributed by atoms with E-state index < -0.39 is 0 Å². The summed E-state index contributed by atoms with van der Waals surface area (Å²) < 4.78 is 1.10. The monoisotopic (exact) mass is 345 g/mol. The van der Waals surface area contributed by atoms with Gasteiger partial charge < -0.3 is 5.73 Å². The first kappa shape index (κ1) is 16.3. The van der Waals surface area contributed by atoms with Gasteiger partial charge in [-0.25, -0.2) is 0 Å². The van der Waals surface area contributed by atoms with Crippen molar-refractivity contribution < 1.29 is 0 Å². The average Bonchev–Trinajstić information content (AvgIpc) is 2.49. The summed E-state index contributed by atoms with van der Waals surface area (Å²) in [5.41, 5.74) is 10.4. The largest absolute Gasteiger partial charge is 0.324 e. The molecule has 2 rings (SSSR count). The zero-order valence-electron chi connectivity index (χ0n) is 13.1. The van der Waals surface area contributed by atoms with Gasteiger partial charge in [-0.3, -0.25) is 0 Å². The number of hydrogen-bond acceptors (Lipinski definition) is 1. The Balaban J connectivity index is 2.09. The molecule has 2 aromatic carbocycles. The lowest BCUT2D eigenvalue weighted by atomic mass is 9.81. The third kappa shape index (κ3) is 4.18. The maximum atomic E-state index is 6.34. The molecule has 112 valence electrons. The molecule has 0 aliphatic rings. The molecule has 0 amide bonds. The van der Waals surface area contributed by atoms with Gasteiger partial charge in [-0.2, -0.15) is 0 Å². The molecule has 0 bridgehead atoms. The lowest BCUT2D eigenvalue weighted by molar-refractivity contribution is 0.506. The van der Waals surface area contributed by atoms with Crippen molar-refractivity contribution in [3.63, 3.8) is 0 Å². The molecule has 0 saturated heterocycles. The van der Waals surface area contributed by atoms with Crippen LogP contribution in [0.1, 0.15) is 49.9 Å². The van der Waals surface area contributed by atoms with Crippen LogP contribution in [0.3, 0.4) is 0 Å². The second-order valence-electron chi connectivity index (χ2n) is 6.30. The fourth-order valence-corrected chi connectivity index (χ4v) is 2.64. The Morgan fingerprint density at radius 3 is 2.10 bits per heavy atom. The molecule has 0 radical (unpaired) electrons. The minimum absolute atomic E-state index is 0.0463. The van der Waals surface area contributed by atoms with Crippen molar-refractivity contribution in [2.45, 2.75) is 45.1 Å². The minimum atomic E-state index is 0.0463. The first-order valence-corrected chi connectivity index (χ1v) is 8.32. The van der Waals surface area contributed by atoms with E-state index in [-0.39, 0.29) is 11.5 Å². The van der Waals surface area contributed by atoms with Crippen LogP contribution in [0, 0.1) is 0 Å². The highest BCUT2D eigenvalue weighted by atomic mass is 79.9. The van der Waals surface area contributed by atoms with Crippen LogP contribution in [0.4, 0.5) is 0 Å². The summed E-state index contributed by atoms with van der Waals surface area (Å²) in [6, 6.07) is 17.2. The van der Waals surface area contributed by atoms with Gasteiger partial charge in [0.1, 0.15) is 0 Å². The Morgan fingerprint density at radius 1 is 1.00 bits per heavy atom. The Kier molecular flexibility index (Phi) is 5.23. The number of nitrogens with two attached hydrogens (primary N) is 1. The van der Waals surface area contributed by atoms with E-state index in [1.165, 1.54) is 16.7 Å². The van der Waals surface area contributed by atoms with Crippen LogP contribution in [0.2, 0.25) is 0 Å². The van der Waals surface area contributed by atoms with Gasteiger partial charge in [0.15, 0.2) is 0 Å². The Bertz CT molecular complexity index is 570. The van der Waals surface area contributed by atoms with Crippen LogP contribution in [-0.4, -0.2) is 0 Å². The lowest BCUT2D eigenvalue weighted by Gasteiger charge is -2.24. The first-order valence-electron chi connectivity index (χ1n) is 7.53. The Labute approximate surface area is 136 Å². The quantitative estimate of drug-likeness (QED) is 0.773. The van der Waals surface area contributed by atoms with Gasteiger partial charge >= 0.3 is 0 Å². The van der Waals surface area contributed by atoms with Crippen LogP contribution in [0.25, 0.3) is 0 Å². The third-order valence-corrected chi connectivity index (χ3v) is 4.90. The van der Waals surface area contributed by atoms with E-state index in [2.05, 4.69) is 85.2 Å². The summed E-state index contributed by atoms with van der Waals surface area (Å²) in [7, 11) is 0. The van der Waals surface area contributed by atoms with Gasteiger partial charge in [0.25, 0.3) is 0 Å². The standard InChI is InChI=1S/C19H24BrN/c1-4-19(2,3)16-9-7-15(8-10-16)18(21)13-14-5-11-17(20)12-6-14/h5-12,18H,4,13,21H2,1-3H3. The third-order valence-electron chi connectivity index (χ3n) is 4.37. The van der Waals surface area contributed by atoms with Crippen LogP contribution >= 0.6 is 15.9 Å². The van der Waals surface area contributed by atoms with Crippen LogP contribution < -0.4 is 5.73 Å². The lowest BCUT2D eigenvalue weighted by Crippen LogP contribution is -2.17. The van der Waals surface area contributed by atoms with E-state index >= 15 is 0 Å². The second kappa shape index (κ2) is 6.76. The van der Waals surface area contributed by atoms with Gasteiger partial charge in [-0.1, -0.05) is 73.1 Å². The number of hydrogen-bond donors (Lipinski definition) is 1. The van der Waals surface area contributed by atoms with Crippen molar-refractivity contribution >= 4 is 15.9 Å². The van der Waals surface area contributed by atoms with Crippen molar-refractivity contribution in [3.05, 3.63) is 69.7 Å². The van der Waals surface area contributed by atoms with Gasteiger partial charge in [-0.05, 0) is 47.1 Å². The smallest absolute Gasteiger partial charge is 0.0335 e. The molecule has 0 spiro atoms. The molecule has 1 atom stereocenters. The van der Waals surface area contributed by atoms with Crippen molar-refractivity contribution in [1.82, 2.24) is 0 Å². The summed E-state index contributed by atoms with van der Waals surface area (Å²) in [6.45, 7) is 6.79. The van der Waals surface area contributed by atoms with E-state index in [9.17, 15) is 0 Å². The Hall–Kier alpha value is -1.12. The molecule has 21 heavy (non-hydrogen) atoms. The fraction of sp³-hybridized carbons (Fsp3) is 0.368. The van der Waals surface area contributed by atoms with Crippen molar-refractivity contribution in [2.24, 2.45) is 5.73 Å². The predicted molar refractivity (Wildman–Crippen MR) is 94.5 cm³/mol. The molecule has 0 aliphatic carbocycles. The molecule has 0 heterocycles. The maximum absolute atomic E-state index is 6.34. The van der Waals surface area contributed by atoms with Crippen LogP contribution in [-0.2, 0) is 11.8 Å². The first-order chi connectivity index (χ1) is 9.92. The SMILES string of the molecule is CCC(C)(C)c1ccc(C(N)Cc2ccc(Br)cc2)cc1. The van der Waals surface area contributed by atoms with Crippen molar-refractivity contribution in [3.8, 4) is 0 Å². The molecule has 1 unspecified atom stereocenters.